The smallest absolute Gasteiger partial charge is 0.258 e. The van der Waals surface area contributed by atoms with Crippen molar-refractivity contribution in [2.75, 3.05) is 20.1 Å². The van der Waals surface area contributed by atoms with E-state index < -0.39 is 11.8 Å². The zero-order valence-corrected chi connectivity index (χ0v) is 15.5. The second kappa shape index (κ2) is 6.54. The van der Waals surface area contributed by atoms with E-state index in [1.165, 1.54) is 13.1 Å². The molecular formula is C20H21N3O5. The first-order chi connectivity index (χ1) is 13.3. The molecule has 0 aromatic heterocycles. The van der Waals surface area contributed by atoms with Crippen molar-refractivity contribution in [2.24, 2.45) is 23.7 Å². The summed E-state index contributed by atoms with van der Waals surface area (Å²) in [5.74, 6) is -2.37. The summed E-state index contributed by atoms with van der Waals surface area (Å²) in [4.78, 5) is 63.9. The molecule has 4 unspecified atom stereocenters. The highest BCUT2D eigenvalue weighted by Crippen LogP contribution is 2.52. The minimum atomic E-state index is -0.534. The molecule has 0 spiro atoms. The van der Waals surface area contributed by atoms with Crippen LogP contribution in [0.25, 0.3) is 0 Å². The van der Waals surface area contributed by atoms with E-state index in [9.17, 15) is 24.0 Å². The molecule has 5 amide bonds. The second-order valence-electron chi connectivity index (χ2n) is 7.66. The Labute approximate surface area is 161 Å². The number of carbonyl (C=O) groups is 5. The van der Waals surface area contributed by atoms with Crippen LogP contribution < -0.4 is 5.32 Å². The number of carbonyl (C=O) groups excluding carboxylic acids is 5. The number of allylic oxidation sites excluding steroid dienone is 2. The molecule has 2 fully saturated rings. The molecule has 0 radical (unpaired) electrons. The van der Waals surface area contributed by atoms with Gasteiger partial charge in [-0.15, -0.1) is 0 Å². The highest BCUT2D eigenvalue weighted by molar-refractivity contribution is 6.17. The Kier molecular flexibility index (Phi) is 4.28. The molecule has 8 nitrogen and oxygen atoms in total. The Bertz CT molecular complexity index is 856. The summed E-state index contributed by atoms with van der Waals surface area (Å²) in [6.07, 6.45) is 6.17. The van der Waals surface area contributed by atoms with Crippen LogP contribution >= 0.6 is 0 Å². The number of nitrogens with zero attached hydrogens (tertiary/aromatic N) is 2. The van der Waals surface area contributed by atoms with Crippen molar-refractivity contribution in [3.05, 3.63) is 36.0 Å². The van der Waals surface area contributed by atoms with Crippen molar-refractivity contribution >= 4 is 29.5 Å². The standard InChI is InChI=1S/C20H21N3O5/c1-10(17(25)21-2)5-6-22-14(24)8-13(18(22)26)9-23-19(27)15-11-3-4-12(7-11)16(15)20(23)28/h3-4,8,11-12,15-16H,1,5-7,9H2,2H3,(H,21,25). The molecule has 1 saturated heterocycles. The molecule has 0 aromatic rings. The van der Waals surface area contributed by atoms with E-state index in [4.69, 9.17) is 0 Å². The first kappa shape index (κ1) is 18.3. The highest BCUT2D eigenvalue weighted by atomic mass is 16.2. The van der Waals surface area contributed by atoms with Crippen LogP contribution in [0.3, 0.4) is 0 Å². The fourth-order valence-electron chi connectivity index (χ4n) is 4.71. The number of imide groups is 2. The molecule has 2 bridgehead atoms. The van der Waals surface area contributed by atoms with Crippen LogP contribution in [0.1, 0.15) is 12.8 Å². The van der Waals surface area contributed by atoms with E-state index in [0.717, 1.165) is 16.2 Å². The summed E-state index contributed by atoms with van der Waals surface area (Å²) < 4.78 is 0. The fraction of sp³-hybridized carbons (Fsp3) is 0.450. The van der Waals surface area contributed by atoms with E-state index in [1.54, 1.807) is 0 Å². The Morgan fingerprint density at radius 1 is 1.11 bits per heavy atom. The van der Waals surface area contributed by atoms with E-state index >= 15 is 0 Å². The van der Waals surface area contributed by atoms with Crippen LogP contribution in [-0.4, -0.2) is 59.5 Å². The fourth-order valence-corrected chi connectivity index (χ4v) is 4.71. The van der Waals surface area contributed by atoms with Crippen molar-refractivity contribution in [1.82, 2.24) is 15.1 Å². The lowest BCUT2D eigenvalue weighted by Gasteiger charge is -2.19. The number of hydrogen-bond acceptors (Lipinski definition) is 5. The molecule has 8 heteroatoms. The Morgan fingerprint density at radius 3 is 2.29 bits per heavy atom. The minimum Gasteiger partial charge on any atom is -0.355 e. The molecule has 0 aromatic carbocycles. The number of amides is 5. The van der Waals surface area contributed by atoms with Gasteiger partial charge in [0.25, 0.3) is 11.8 Å². The third kappa shape index (κ3) is 2.63. The zero-order valence-electron chi connectivity index (χ0n) is 15.5. The van der Waals surface area contributed by atoms with Gasteiger partial charge in [0.05, 0.1) is 18.4 Å². The van der Waals surface area contributed by atoms with Crippen molar-refractivity contribution < 1.29 is 24.0 Å². The largest absolute Gasteiger partial charge is 0.355 e. The first-order valence-electron chi connectivity index (χ1n) is 9.33. The van der Waals surface area contributed by atoms with Crippen molar-refractivity contribution in [3.8, 4) is 0 Å². The maximum atomic E-state index is 12.7. The van der Waals surface area contributed by atoms with Crippen molar-refractivity contribution in [3.63, 3.8) is 0 Å². The van der Waals surface area contributed by atoms with Crippen LogP contribution in [0.4, 0.5) is 0 Å². The molecule has 4 rings (SSSR count). The number of rotatable bonds is 6. The Hall–Kier alpha value is -3.03. The topological polar surface area (TPSA) is 104 Å². The number of likely N-dealkylation sites (tertiary alicyclic amines) is 1. The monoisotopic (exact) mass is 383 g/mol. The number of hydrogen-bond donors (Lipinski definition) is 1. The summed E-state index contributed by atoms with van der Waals surface area (Å²) in [7, 11) is 1.47. The maximum absolute atomic E-state index is 12.7. The van der Waals surface area contributed by atoms with Crippen molar-refractivity contribution in [1.29, 1.82) is 0 Å². The summed E-state index contributed by atoms with van der Waals surface area (Å²) >= 11 is 0. The van der Waals surface area contributed by atoms with Gasteiger partial charge in [0.1, 0.15) is 0 Å². The lowest BCUT2D eigenvalue weighted by molar-refractivity contribution is -0.140. The number of fused-ring (bicyclic) bond motifs is 5. The van der Waals surface area contributed by atoms with E-state index in [0.29, 0.717) is 0 Å². The summed E-state index contributed by atoms with van der Waals surface area (Å²) in [5.41, 5.74) is 0.384. The van der Waals surface area contributed by atoms with Gasteiger partial charge in [-0.1, -0.05) is 18.7 Å². The van der Waals surface area contributed by atoms with E-state index in [1.807, 2.05) is 12.2 Å². The van der Waals surface area contributed by atoms with Gasteiger partial charge in [-0.3, -0.25) is 33.8 Å². The van der Waals surface area contributed by atoms with Gasteiger partial charge in [-0.2, -0.15) is 0 Å². The average molecular weight is 383 g/mol. The van der Waals surface area contributed by atoms with Crippen LogP contribution in [0.15, 0.2) is 36.0 Å². The third-order valence-electron chi connectivity index (χ3n) is 6.16. The minimum absolute atomic E-state index is 0.0190. The van der Waals surface area contributed by atoms with E-state index in [2.05, 4.69) is 11.9 Å². The zero-order chi connectivity index (χ0) is 20.2. The molecule has 2 heterocycles. The van der Waals surface area contributed by atoms with Crippen LogP contribution in [0.2, 0.25) is 0 Å². The van der Waals surface area contributed by atoms with Crippen molar-refractivity contribution in [2.45, 2.75) is 12.8 Å². The van der Waals surface area contributed by atoms with Gasteiger partial charge >= 0.3 is 0 Å². The van der Waals surface area contributed by atoms with Gasteiger partial charge in [-0.05, 0) is 24.7 Å². The average Bonchev–Trinajstić information content (AvgIpc) is 3.41. The molecule has 1 N–H and O–H groups in total. The predicted molar refractivity (Wildman–Crippen MR) is 97.1 cm³/mol. The van der Waals surface area contributed by atoms with Gasteiger partial charge in [0.15, 0.2) is 0 Å². The maximum Gasteiger partial charge on any atom is 0.258 e. The molecular weight excluding hydrogens is 362 g/mol. The molecule has 146 valence electrons. The van der Waals surface area contributed by atoms with Gasteiger partial charge in [0.2, 0.25) is 17.7 Å². The third-order valence-corrected chi connectivity index (χ3v) is 6.16. The predicted octanol–water partition coefficient (Wildman–Crippen LogP) is -0.219. The van der Waals surface area contributed by atoms with Crippen LogP contribution in [-0.2, 0) is 24.0 Å². The molecule has 4 aliphatic rings. The Morgan fingerprint density at radius 2 is 1.71 bits per heavy atom. The van der Waals surface area contributed by atoms with Gasteiger partial charge in [0, 0.05) is 30.8 Å². The summed E-state index contributed by atoms with van der Waals surface area (Å²) in [5, 5.41) is 2.43. The Balaban J connectivity index is 1.42. The van der Waals surface area contributed by atoms with Crippen LogP contribution in [0, 0.1) is 23.7 Å². The molecule has 4 atom stereocenters. The lowest BCUT2D eigenvalue weighted by Crippen LogP contribution is -2.38. The number of nitrogens with one attached hydrogen (secondary N) is 1. The van der Waals surface area contributed by atoms with E-state index in [-0.39, 0.29) is 72.0 Å². The van der Waals surface area contributed by atoms with Gasteiger partial charge in [-0.25, -0.2) is 0 Å². The normalized spacial score (nSPS) is 30.4. The quantitative estimate of drug-likeness (QED) is 0.388. The first-order valence-corrected chi connectivity index (χ1v) is 9.33. The highest BCUT2D eigenvalue weighted by Gasteiger charge is 2.59. The SMILES string of the molecule is C=C(CCN1C(=O)C=C(CN2C(=O)C3C4C=CC(C4)C3C2=O)C1=O)C(=O)NC. The molecule has 1 saturated carbocycles. The molecule has 28 heavy (non-hydrogen) atoms. The summed E-state index contributed by atoms with van der Waals surface area (Å²) in [6.45, 7) is 3.47. The second-order valence-corrected chi connectivity index (χ2v) is 7.66. The van der Waals surface area contributed by atoms with Gasteiger partial charge < -0.3 is 5.32 Å². The summed E-state index contributed by atoms with van der Waals surface area (Å²) in [6, 6.07) is 0. The molecule has 2 aliphatic carbocycles. The number of likely N-dealkylation sites (N-methyl/N-ethyl adjacent to an activating group) is 1. The lowest BCUT2D eigenvalue weighted by atomic mass is 9.85. The van der Waals surface area contributed by atoms with Crippen LogP contribution in [0.5, 0.6) is 0 Å². The molecule has 2 aliphatic heterocycles.